The lowest BCUT2D eigenvalue weighted by Crippen LogP contribution is -2.44. The van der Waals surface area contributed by atoms with Gasteiger partial charge >= 0.3 is 0 Å². The third kappa shape index (κ3) is 6.83. The molecular weight excluding hydrogens is 344 g/mol. The van der Waals surface area contributed by atoms with Gasteiger partial charge in [-0.05, 0) is 55.4 Å². The summed E-state index contributed by atoms with van der Waals surface area (Å²) in [6.07, 6.45) is 3.44. The number of nitrogens with one attached hydrogen (secondary N) is 2. The van der Waals surface area contributed by atoms with Crippen LogP contribution in [-0.2, 0) is 14.8 Å². The second kappa shape index (κ2) is 10.1. The number of rotatable bonds is 10. The number of carbonyl (C=O) groups is 1. The minimum Gasteiger partial charge on any atom is -0.325 e. The van der Waals surface area contributed by atoms with E-state index >= 15 is 0 Å². The molecule has 5 nitrogen and oxygen atoms in total. The van der Waals surface area contributed by atoms with Crippen LogP contribution < -0.4 is 10.0 Å². The summed E-state index contributed by atoms with van der Waals surface area (Å²) in [5, 5.41) is 2.81. The monoisotopic (exact) mass is 372 g/mol. The Morgan fingerprint density at radius 2 is 1.83 bits per heavy atom. The van der Waals surface area contributed by atoms with Gasteiger partial charge in [0, 0.05) is 5.69 Å². The molecule has 2 N–H and O–H groups in total. The van der Waals surface area contributed by atoms with Crippen molar-refractivity contribution >= 4 is 33.4 Å². The first-order valence-corrected chi connectivity index (χ1v) is 11.3. The molecule has 136 valence electrons. The smallest absolute Gasteiger partial charge is 0.242 e. The van der Waals surface area contributed by atoms with E-state index in [1.54, 1.807) is 18.7 Å². The first kappa shape index (κ1) is 21.0. The number of thioether (sulfide) groups is 1. The van der Waals surface area contributed by atoms with E-state index in [0.717, 1.165) is 6.42 Å². The molecule has 1 aromatic rings. The second-order valence-electron chi connectivity index (χ2n) is 5.78. The van der Waals surface area contributed by atoms with Crippen LogP contribution in [0.3, 0.4) is 0 Å². The van der Waals surface area contributed by atoms with Crippen molar-refractivity contribution in [2.75, 3.05) is 23.1 Å². The first-order chi connectivity index (χ1) is 11.3. The van der Waals surface area contributed by atoms with Crippen molar-refractivity contribution in [2.24, 2.45) is 0 Å². The highest BCUT2D eigenvalue weighted by molar-refractivity contribution is 7.98. The number of hydrogen-bond acceptors (Lipinski definition) is 4. The van der Waals surface area contributed by atoms with E-state index in [9.17, 15) is 13.2 Å². The maximum atomic E-state index is 12.4. The summed E-state index contributed by atoms with van der Waals surface area (Å²) in [5.74, 6) is 0.814. The lowest BCUT2D eigenvalue weighted by Gasteiger charge is -2.18. The van der Waals surface area contributed by atoms with E-state index < -0.39 is 16.1 Å². The molecule has 1 amide bonds. The summed E-state index contributed by atoms with van der Waals surface area (Å²) in [6.45, 7) is 5.85. The van der Waals surface area contributed by atoms with Crippen LogP contribution in [0.4, 0.5) is 5.69 Å². The molecule has 0 saturated heterocycles. The number of amides is 1. The molecule has 0 unspecified atom stereocenters. The van der Waals surface area contributed by atoms with Gasteiger partial charge in [0.15, 0.2) is 0 Å². The Hall–Kier alpha value is -1.05. The summed E-state index contributed by atoms with van der Waals surface area (Å²) in [7, 11) is -3.43. The summed E-state index contributed by atoms with van der Waals surface area (Å²) in [5.41, 5.74) is 1.90. The minimum atomic E-state index is -3.43. The number of anilines is 1. The topological polar surface area (TPSA) is 75.3 Å². The molecule has 0 saturated carbocycles. The van der Waals surface area contributed by atoms with Crippen molar-refractivity contribution in [3.63, 3.8) is 0 Å². The lowest BCUT2D eigenvalue weighted by atomic mass is 9.98. The molecule has 7 heteroatoms. The van der Waals surface area contributed by atoms with Gasteiger partial charge in [-0.1, -0.05) is 26.0 Å². The largest absolute Gasteiger partial charge is 0.325 e. The highest BCUT2D eigenvalue weighted by Crippen LogP contribution is 2.20. The van der Waals surface area contributed by atoms with Gasteiger partial charge in [0.25, 0.3) is 0 Å². The minimum absolute atomic E-state index is 0.0420. The average molecular weight is 373 g/mol. The molecule has 2 atom stereocenters. The second-order valence-corrected chi connectivity index (χ2v) is 8.80. The van der Waals surface area contributed by atoms with Gasteiger partial charge in [0.05, 0.1) is 5.75 Å². The SMILES string of the molecule is CC[C@H](C)c1ccc(NC(=O)[C@H](CCSC)NS(=O)(=O)CC)cc1. The van der Waals surface area contributed by atoms with Crippen molar-refractivity contribution in [1.82, 2.24) is 4.72 Å². The highest BCUT2D eigenvalue weighted by atomic mass is 32.2. The molecule has 0 aromatic heterocycles. The summed E-state index contributed by atoms with van der Waals surface area (Å²) in [6, 6.07) is 6.96. The molecule has 0 radical (unpaired) electrons. The van der Waals surface area contributed by atoms with Crippen LogP contribution in [0.5, 0.6) is 0 Å². The molecule has 0 bridgehead atoms. The van der Waals surface area contributed by atoms with Gasteiger partial charge in [-0.15, -0.1) is 0 Å². The van der Waals surface area contributed by atoms with Crippen LogP contribution in [-0.4, -0.2) is 38.1 Å². The standard InChI is InChI=1S/C17H28N2O3S2/c1-5-13(3)14-7-9-15(10-8-14)18-17(20)16(11-12-23-4)19-24(21,22)6-2/h7-10,13,16,19H,5-6,11-12H2,1-4H3,(H,18,20)/t13-,16-/m0/s1. The molecule has 0 aliphatic carbocycles. The number of carbonyl (C=O) groups excluding carboxylic acids is 1. The van der Waals surface area contributed by atoms with Gasteiger partial charge in [-0.3, -0.25) is 4.79 Å². The molecule has 0 aliphatic rings. The van der Waals surface area contributed by atoms with Crippen LogP contribution in [0, 0.1) is 0 Å². The highest BCUT2D eigenvalue weighted by Gasteiger charge is 2.23. The molecular formula is C17H28N2O3S2. The molecule has 0 aliphatic heterocycles. The fourth-order valence-corrected chi connectivity index (χ4v) is 3.44. The molecule has 24 heavy (non-hydrogen) atoms. The maximum Gasteiger partial charge on any atom is 0.242 e. The molecule has 1 aromatic carbocycles. The van der Waals surface area contributed by atoms with E-state index in [4.69, 9.17) is 0 Å². The molecule has 1 rings (SSSR count). The fraction of sp³-hybridized carbons (Fsp3) is 0.588. The van der Waals surface area contributed by atoms with E-state index in [-0.39, 0.29) is 11.7 Å². The Bertz CT molecular complexity index is 615. The molecule has 0 heterocycles. The van der Waals surface area contributed by atoms with E-state index in [2.05, 4.69) is 23.9 Å². The van der Waals surface area contributed by atoms with E-state index in [1.807, 2.05) is 30.5 Å². The lowest BCUT2D eigenvalue weighted by molar-refractivity contribution is -0.117. The van der Waals surface area contributed by atoms with Crippen molar-refractivity contribution in [1.29, 1.82) is 0 Å². The van der Waals surface area contributed by atoms with Gasteiger partial charge < -0.3 is 5.32 Å². The Morgan fingerprint density at radius 1 is 1.21 bits per heavy atom. The van der Waals surface area contributed by atoms with Gasteiger partial charge in [0.1, 0.15) is 6.04 Å². The Kier molecular flexibility index (Phi) is 8.80. The Labute approximate surface area is 150 Å². The predicted octanol–water partition coefficient (Wildman–Crippen LogP) is 3.20. The van der Waals surface area contributed by atoms with Crippen molar-refractivity contribution in [3.05, 3.63) is 29.8 Å². The number of hydrogen-bond donors (Lipinski definition) is 2. The third-order valence-electron chi connectivity index (χ3n) is 3.99. The fourth-order valence-electron chi connectivity index (χ4n) is 2.14. The molecule has 0 spiro atoms. The van der Waals surface area contributed by atoms with Crippen LogP contribution >= 0.6 is 11.8 Å². The zero-order valence-corrected chi connectivity index (χ0v) is 16.5. The third-order valence-corrected chi connectivity index (χ3v) is 6.04. The normalized spacial score (nSPS) is 14.2. The zero-order valence-electron chi connectivity index (χ0n) is 14.8. The average Bonchev–Trinajstić information content (AvgIpc) is 2.58. The predicted molar refractivity (Wildman–Crippen MR) is 103 cm³/mol. The zero-order chi connectivity index (χ0) is 18.2. The molecule has 0 fully saturated rings. The quantitative estimate of drug-likeness (QED) is 0.661. The van der Waals surface area contributed by atoms with Crippen LogP contribution in [0.25, 0.3) is 0 Å². The van der Waals surface area contributed by atoms with Crippen molar-refractivity contribution in [3.8, 4) is 0 Å². The number of benzene rings is 1. The van der Waals surface area contributed by atoms with E-state index in [0.29, 0.717) is 23.8 Å². The van der Waals surface area contributed by atoms with Crippen molar-refractivity contribution in [2.45, 2.75) is 45.6 Å². The summed E-state index contributed by atoms with van der Waals surface area (Å²) < 4.78 is 26.1. The van der Waals surface area contributed by atoms with E-state index in [1.165, 1.54) is 5.56 Å². The first-order valence-electron chi connectivity index (χ1n) is 8.22. The number of sulfonamides is 1. The summed E-state index contributed by atoms with van der Waals surface area (Å²) >= 11 is 1.58. The van der Waals surface area contributed by atoms with Crippen LogP contribution in [0.1, 0.15) is 45.1 Å². The Balaban J connectivity index is 2.79. The van der Waals surface area contributed by atoms with Crippen molar-refractivity contribution < 1.29 is 13.2 Å². The van der Waals surface area contributed by atoms with Gasteiger partial charge in [0.2, 0.25) is 15.9 Å². The van der Waals surface area contributed by atoms with Gasteiger partial charge in [-0.25, -0.2) is 13.1 Å². The Morgan fingerprint density at radius 3 is 2.33 bits per heavy atom. The van der Waals surface area contributed by atoms with Crippen LogP contribution in [0.2, 0.25) is 0 Å². The maximum absolute atomic E-state index is 12.4. The van der Waals surface area contributed by atoms with Crippen LogP contribution in [0.15, 0.2) is 24.3 Å². The summed E-state index contributed by atoms with van der Waals surface area (Å²) in [4.78, 5) is 12.4. The van der Waals surface area contributed by atoms with Gasteiger partial charge in [-0.2, -0.15) is 11.8 Å².